The maximum absolute atomic E-state index is 11.1. The molecule has 0 saturated carbocycles. The predicted molar refractivity (Wildman–Crippen MR) is 85.5 cm³/mol. The molecule has 1 amide bonds. The van der Waals surface area contributed by atoms with Crippen LogP contribution in [0.1, 0.15) is 27.0 Å². The SMILES string of the molecule is N#Cc1ccc(Cc2cnn(-c3ccc(C(N)=O)cn3)c2O)cc1. The van der Waals surface area contributed by atoms with Gasteiger partial charge in [-0.15, -0.1) is 0 Å². The third kappa shape index (κ3) is 2.94. The van der Waals surface area contributed by atoms with Gasteiger partial charge in [-0.1, -0.05) is 12.1 Å². The summed E-state index contributed by atoms with van der Waals surface area (Å²) in [6, 6.07) is 12.2. The second-order valence-electron chi connectivity index (χ2n) is 5.16. The number of rotatable bonds is 4. The molecule has 118 valence electrons. The highest BCUT2D eigenvalue weighted by Crippen LogP contribution is 2.23. The Hall–Kier alpha value is -3.66. The van der Waals surface area contributed by atoms with Crippen LogP contribution in [0.4, 0.5) is 0 Å². The molecule has 3 N–H and O–H groups in total. The van der Waals surface area contributed by atoms with Crippen molar-refractivity contribution in [3.63, 3.8) is 0 Å². The number of pyridine rings is 1. The first-order valence-corrected chi connectivity index (χ1v) is 7.09. The van der Waals surface area contributed by atoms with Crippen molar-refractivity contribution in [3.8, 4) is 17.8 Å². The van der Waals surface area contributed by atoms with Crippen LogP contribution in [-0.4, -0.2) is 25.8 Å². The molecule has 0 unspecified atom stereocenters. The van der Waals surface area contributed by atoms with E-state index in [-0.39, 0.29) is 11.4 Å². The lowest BCUT2D eigenvalue weighted by atomic mass is 10.1. The highest BCUT2D eigenvalue weighted by atomic mass is 16.3. The summed E-state index contributed by atoms with van der Waals surface area (Å²) in [6.07, 6.45) is 3.35. The Labute approximate surface area is 137 Å². The number of nitrogens with zero attached hydrogens (tertiary/aromatic N) is 4. The molecule has 1 aromatic carbocycles. The summed E-state index contributed by atoms with van der Waals surface area (Å²) < 4.78 is 1.28. The van der Waals surface area contributed by atoms with E-state index in [0.29, 0.717) is 23.4 Å². The van der Waals surface area contributed by atoms with E-state index in [4.69, 9.17) is 11.0 Å². The standard InChI is InChI=1S/C17H13N5O2/c18-8-12-3-1-11(2-4-12)7-14-10-21-22(17(14)24)15-6-5-13(9-20-15)16(19)23/h1-6,9-10,24H,7H2,(H2,19,23). The Morgan fingerprint density at radius 2 is 1.96 bits per heavy atom. The van der Waals surface area contributed by atoms with E-state index in [1.807, 2.05) is 12.1 Å². The molecule has 7 nitrogen and oxygen atoms in total. The number of nitriles is 1. The molecular weight excluding hydrogens is 306 g/mol. The van der Waals surface area contributed by atoms with E-state index in [1.54, 1.807) is 24.4 Å². The second kappa shape index (κ2) is 6.22. The van der Waals surface area contributed by atoms with Crippen LogP contribution in [0.25, 0.3) is 5.82 Å². The fourth-order valence-corrected chi connectivity index (χ4v) is 2.24. The summed E-state index contributed by atoms with van der Waals surface area (Å²) >= 11 is 0. The van der Waals surface area contributed by atoms with Crippen LogP contribution < -0.4 is 5.73 Å². The van der Waals surface area contributed by atoms with Crippen molar-refractivity contribution in [1.29, 1.82) is 5.26 Å². The smallest absolute Gasteiger partial charge is 0.250 e. The number of amides is 1. The minimum absolute atomic E-state index is 0.0290. The van der Waals surface area contributed by atoms with E-state index in [1.165, 1.54) is 16.9 Å². The molecule has 0 atom stereocenters. The topological polar surface area (TPSA) is 118 Å². The zero-order valence-corrected chi connectivity index (χ0v) is 12.5. The van der Waals surface area contributed by atoms with Crippen molar-refractivity contribution in [3.05, 3.63) is 71.0 Å². The van der Waals surface area contributed by atoms with Crippen molar-refractivity contribution in [2.24, 2.45) is 5.73 Å². The Balaban J connectivity index is 1.85. The molecule has 0 radical (unpaired) electrons. The minimum atomic E-state index is -0.569. The molecule has 0 spiro atoms. The molecule has 0 saturated heterocycles. The number of aromatic hydroxyl groups is 1. The first-order chi connectivity index (χ1) is 11.6. The van der Waals surface area contributed by atoms with E-state index in [2.05, 4.69) is 16.2 Å². The molecule has 0 aliphatic rings. The first-order valence-electron chi connectivity index (χ1n) is 7.09. The Kier molecular flexibility index (Phi) is 3.95. The lowest BCUT2D eigenvalue weighted by Crippen LogP contribution is -2.11. The van der Waals surface area contributed by atoms with Gasteiger partial charge in [-0.2, -0.15) is 15.0 Å². The summed E-state index contributed by atoms with van der Waals surface area (Å²) in [6.45, 7) is 0. The average Bonchev–Trinajstić information content (AvgIpc) is 2.96. The molecule has 0 fully saturated rings. The molecule has 0 bridgehead atoms. The van der Waals surface area contributed by atoms with Crippen molar-refractivity contribution >= 4 is 5.91 Å². The van der Waals surface area contributed by atoms with E-state index < -0.39 is 5.91 Å². The van der Waals surface area contributed by atoms with Crippen LogP contribution in [0.15, 0.2) is 48.8 Å². The Morgan fingerprint density at radius 1 is 1.21 bits per heavy atom. The number of aromatic nitrogens is 3. The first kappa shape index (κ1) is 15.2. The average molecular weight is 319 g/mol. The fourth-order valence-electron chi connectivity index (χ4n) is 2.24. The number of nitrogens with two attached hydrogens (primary N) is 1. The summed E-state index contributed by atoms with van der Waals surface area (Å²) in [5, 5.41) is 23.3. The number of benzene rings is 1. The van der Waals surface area contributed by atoms with Crippen LogP contribution in [0, 0.1) is 11.3 Å². The summed E-state index contributed by atoms with van der Waals surface area (Å²) in [4.78, 5) is 15.1. The number of primary amides is 1. The van der Waals surface area contributed by atoms with Gasteiger partial charge in [0.15, 0.2) is 5.82 Å². The van der Waals surface area contributed by atoms with E-state index in [9.17, 15) is 9.90 Å². The summed E-state index contributed by atoms with van der Waals surface area (Å²) in [7, 11) is 0. The van der Waals surface area contributed by atoms with E-state index in [0.717, 1.165) is 5.56 Å². The molecule has 24 heavy (non-hydrogen) atoms. The lowest BCUT2D eigenvalue weighted by molar-refractivity contribution is 0.1000. The van der Waals surface area contributed by atoms with Gasteiger partial charge in [0.25, 0.3) is 0 Å². The van der Waals surface area contributed by atoms with Gasteiger partial charge in [0.1, 0.15) is 0 Å². The molecule has 0 aliphatic carbocycles. The quantitative estimate of drug-likeness (QED) is 0.756. The molecule has 7 heteroatoms. The maximum Gasteiger partial charge on any atom is 0.250 e. The maximum atomic E-state index is 11.1. The van der Waals surface area contributed by atoms with Crippen molar-refractivity contribution in [2.45, 2.75) is 6.42 Å². The van der Waals surface area contributed by atoms with Gasteiger partial charge in [-0.05, 0) is 29.8 Å². The van der Waals surface area contributed by atoms with Crippen LogP contribution in [-0.2, 0) is 6.42 Å². The molecule has 2 heterocycles. The Morgan fingerprint density at radius 3 is 2.54 bits per heavy atom. The highest BCUT2D eigenvalue weighted by Gasteiger charge is 2.13. The molecular formula is C17H13N5O2. The fraction of sp³-hybridized carbons (Fsp3) is 0.0588. The third-order valence-electron chi connectivity index (χ3n) is 3.54. The normalized spacial score (nSPS) is 10.3. The van der Waals surface area contributed by atoms with Gasteiger partial charge >= 0.3 is 0 Å². The Bertz CT molecular complexity index is 921. The van der Waals surface area contributed by atoms with Crippen molar-refractivity contribution in [2.75, 3.05) is 0 Å². The molecule has 2 aromatic heterocycles. The monoisotopic (exact) mass is 319 g/mol. The summed E-state index contributed by atoms with van der Waals surface area (Å²) in [5.41, 5.74) is 7.60. The van der Waals surface area contributed by atoms with Crippen LogP contribution in [0.3, 0.4) is 0 Å². The zero-order chi connectivity index (χ0) is 17.1. The van der Waals surface area contributed by atoms with Gasteiger partial charge in [0.2, 0.25) is 11.8 Å². The highest BCUT2D eigenvalue weighted by molar-refractivity contribution is 5.92. The van der Waals surface area contributed by atoms with Crippen LogP contribution in [0.2, 0.25) is 0 Å². The minimum Gasteiger partial charge on any atom is -0.493 e. The van der Waals surface area contributed by atoms with E-state index >= 15 is 0 Å². The number of hydrogen-bond donors (Lipinski definition) is 2. The number of carbonyl (C=O) groups is 1. The van der Waals surface area contributed by atoms with Crippen molar-refractivity contribution in [1.82, 2.24) is 14.8 Å². The number of hydrogen-bond acceptors (Lipinski definition) is 5. The lowest BCUT2D eigenvalue weighted by Gasteiger charge is -2.04. The zero-order valence-electron chi connectivity index (χ0n) is 12.5. The van der Waals surface area contributed by atoms with Crippen LogP contribution >= 0.6 is 0 Å². The molecule has 3 aromatic rings. The predicted octanol–water partition coefficient (Wildman–Crippen LogP) is 1.53. The van der Waals surface area contributed by atoms with Gasteiger partial charge in [-0.25, -0.2) is 4.98 Å². The van der Waals surface area contributed by atoms with Gasteiger partial charge < -0.3 is 10.8 Å². The third-order valence-corrected chi connectivity index (χ3v) is 3.54. The van der Waals surface area contributed by atoms with Crippen molar-refractivity contribution < 1.29 is 9.90 Å². The molecule has 3 rings (SSSR count). The second-order valence-corrected chi connectivity index (χ2v) is 5.16. The van der Waals surface area contributed by atoms with Gasteiger partial charge in [0, 0.05) is 18.2 Å². The van der Waals surface area contributed by atoms with Crippen LogP contribution in [0.5, 0.6) is 5.88 Å². The van der Waals surface area contributed by atoms with Gasteiger partial charge in [0.05, 0.1) is 23.4 Å². The largest absolute Gasteiger partial charge is 0.493 e. The summed E-state index contributed by atoms with van der Waals surface area (Å²) in [5.74, 6) is -0.220. The van der Waals surface area contributed by atoms with Gasteiger partial charge in [-0.3, -0.25) is 4.79 Å². The molecule has 0 aliphatic heterocycles. The number of carbonyl (C=O) groups excluding carboxylic acids is 1.